The number of aliphatic hydroxyl groups excluding tert-OH is 1. The van der Waals surface area contributed by atoms with Crippen LogP contribution in [0.25, 0.3) is 0 Å². The van der Waals surface area contributed by atoms with Gasteiger partial charge in [0.25, 0.3) is 0 Å². The molecule has 0 saturated carbocycles. The minimum Gasteiger partial charge on any atom is -0.469 e. The zero-order valence-corrected chi connectivity index (χ0v) is 10.4. The van der Waals surface area contributed by atoms with Crippen LogP contribution in [-0.2, 0) is 19.6 Å². The zero-order valence-electron chi connectivity index (χ0n) is 9.60. The molecule has 0 rings (SSSR count). The summed E-state index contributed by atoms with van der Waals surface area (Å²) in [5, 5.41) is 8.95. The first kappa shape index (κ1) is 15.3. The molecule has 0 aliphatic rings. The van der Waals surface area contributed by atoms with E-state index in [9.17, 15) is 13.2 Å². The standard InChI is InChI=1S/C9H19NO5S/c1-8(11)4-3-6-10-16(13,14)7-5-9(12)15-2/h8,10-11H,3-7H2,1-2H3. The van der Waals surface area contributed by atoms with Crippen LogP contribution in [0.2, 0.25) is 0 Å². The summed E-state index contributed by atoms with van der Waals surface area (Å²) in [6, 6.07) is 0. The van der Waals surface area contributed by atoms with Crippen molar-refractivity contribution in [2.45, 2.75) is 32.3 Å². The van der Waals surface area contributed by atoms with Crippen molar-refractivity contribution >= 4 is 16.0 Å². The minimum absolute atomic E-state index is 0.151. The number of rotatable bonds is 8. The molecule has 96 valence electrons. The lowest BCUT2D eigenvalue weighted by Gasteiger charge is -2.07. The lowest BCUT2D eigenvalue weighted by Crippen LogP contribution is -2.29. The van der Waals surface area contributed by atoms with Crippen molar-refractivity contribution in [1.82, 2.24) is 4.72 Å². The molecule has 0 saturated heterocycles. The fraction of sp³-hybridized carbons (Fsp3) is 0.889. The number of hydrogen-bond acceptors (Lipinski definition) is 5. The highest BCUT2D eigenvalue weighted by molar-refractivity contribution is 7.89. The highest BCUT2D eigenvalue weighted by atomic mass is 32.2. The van der Waals surface area contributed by atoms with Crippen LogP contribution >= 0.6 is 0 Å². The van der Waals surface area contributed by atoms with Crippen molar-refractivity contribution in [3.05, 3.63) is 0 Å². The van der Waals surface area contributed by atoms with E-state index in [1.54, 1.807) is 6.92 Å². The first-order valence-electron chi connectivity index (χ1n) is 5.09. The van der Waals surface area contributed by atoms with Gasteiger partial charge in [-0.1, -0.05) is 0 Å². The molecule has 2 N–H and O–H groups in total. The molecule has 0 aromatic heterocycles. The van der Waals surface area contributed by atoms with E-state index in [2.05, 4.69) is 9.46 Å². The molecule has 0 spiro atoms. The van der Waals surface area contributed by atoms with Crippen molar-refractivity contribution < 1.29 is 23.1 Å². The molecule has 16 heavy (non-hydrogen) atoms. The average molecular weight is 253 g/mol. The number of hydrogen-bond donors (Lipinski definition) is 2. The van der Waals surface area contributed by atoms with Crippen LogP contribution in [0.15, 0.2) is 0 Å². The molecule has 0 heterocycles. The van der Waals surface area contributed by atoms with Gasteiger partial charge in [-0.2, -0.15) is 0 Å². The largest absolute Gasteiger partial charge is 0.469 e. The molecule has 0 amide bonds. The maximum Gasteiger partial charge on any atom is 0.306 e. The topological polar surface area (TPSA) is 92.7 Å². The quantitative estimate of drug-likeness (QED) is 0.455. The summed E-state index contributed by atoms with van der Waals surface area (Å²) in [5.74, 6) is -0.816. The van der Waals surface area contributed by atoms with Crippen molar-refractivity contribution in [1.29, 1.82) is 0 Å². The first-order chi connectivity index (χ1) is 7.37. The number of carbonyl (C=O) groups is 1. The summed E-state index contributed by atoms with van der Waals surface area (Å²) in [7, 11) is -2.20. The predicted molar refractivity (Wildman–Crippen MR) is 59.3 cm³/mol. The average Bonchev–Trinajstić information content (AvgIpc) is 2.21. The van der Waals surface area contributed by atoms with Gasteiger partial charge in [0, 0.05) is 6.54 Å². The lowest BCUT2D eigenvalue weighted by molar-refractivity contribution is -0.140. The third-order valence-electron chi connectivity index (χ3n) is 1.92. The van der Waals surface area contributed by atoms with Gasteiger partial charge in [0.1, 0.15) is 0 Å². The number of methoxy groups -OCH3 is 1. The maximum atomic E-state index is 11.3. The second-order valence-corrected chi connectivity index (χ2v) is 5.46. The maximum absolute atomic E-state index is 11.3. The van der Waals surface area contributed by atoms with Crippen molar-refractivity contribution in [2.75, 3.05) is 19.4 Å². The Kier molecular flexibility index (Phi) is 7.27. The number of sulfonamides is 1. The molecule has 6 nitrogen and oxygen atoms in total. The van der Waals surface area contributed by atoms with Crippen LogP contribution in [0.3, 0.4) is 0 Å². The minimum atomic E-state index is -3.42. The van der Waals surface area contributed by atoms with E-state index in [1.165, 1.54) is 7.11 Å². The first-order valence-corrected chi connectivity index (χ1v) is 6.75. The van der Waals surface area contributed by atoms with Gasteiger partial charge in [-0.25, -0.2) is 13.1 Å². The van der Waals surface area contributed by atoms with Gasteiger partial charge >= 0.3 is 5.97 Å². The molecule has 0 aliphatic heterocycles. The Morgan fingerprint density at radius 3 is 2.62 bits per heavy atom. The summed E-state index contributed by atoms with van der Waals surface area (Å²) in [6.45, 7) is 1.92. The number of nitrogens with one attached hydrogen (secondary N) is 1. The molecule has 0 aromatic rings. The van der Waals surface area contributed by atoms with E-state index in [1.807, 2.05) is 0 Å². The van der Waals surface area contributed by atoms with Crippen LogP contribution < -0.4 is 4.72 Å². The molecular weight excluding hydrogens is 234 g/mol. The van der Waals surface area contributed by atoms with Crippen molar-refractivity contribution in [2.24, 2.45) is 0 Å². The molecule has 0 bridgehead atoms. The van der Waals surface area contributed by atoms with Crippen molar-refractivity contribution in [3.63, 3.8) is 0 Å². The third kappa shape index (κ3) is 8.63. The summed E-state index contributed by atoms with van der Waals surface area (Å²) in [6.07, 6.45) is 0.524. The Hall–Kier alpha value is -0.660. The van der Waals surface area contributed by atoms with Crippen LogP contribution in [0.4, 0.5) is 0 Å². The molecule has 1 unspecified atom stereocenters. The van der Waals surface area contributed by atoms with Gasteiger partial charge in [0.2, 0.25) is 10.0 Å². The van der Waals surface area contributed by atoms with Gasteiger partial charge in [0.15, 0.2) is 0 Å². The summed E-state index contributed by atoms with van der Waals surface area (Å²) in [5.41, 5.74) is 0. The van der Waals surface area contributed by atoms with E-state index in [0.717, 1.165) is 0 Å². The van der Waals surface area contributed by atoms with Gasteiger partial charge in [-0.15, -0.1) is 0 Å². The number of esters is 1. The van der Waals surface area contributed by atoms with E-state index in [-0.39, 0.29) is 18.7 Å². The van der Waals surface area contributed by atoms with Crippen LogP contribution in [0, 0.1) is 0 Å². The van der Waals surface area contributed by atoms with Crippen LogP contribution in [0.5, 0.6) is 0 Å². The van der Waals surface area contributed by atoms with Gasteiger partial charge < -0.3 is 9.84 Å². The Labute approximate surface area is 96.0 Å². The number of ether oxygens (including phenoxy) is 1. The number of carbonyl (C=O) groups excluding carboxylic acids is 1. The van der Waals surface area contributed by atoms with E-state index in [4.69, 9.17) is 5.11 Å². The molecular formula is C9H19NO5S. The van der Waals surface area contributed by atoms with Gasteiger partial charge in [0.05, 0.1) is 25.4 Å². The molecule has 7 heteroatoms. The van der Waals surface area contributed by atoms with Crippen LogP contribution in [-0.4, -0.2) is 45.0 Å². The van der Waals surface area contributed by atoms with Crippen LogP contribution in [0.1, 0.15) is 26.2 Å². The highest BCUT2D eigenvalue weighted by Crippen LogP contribution is 1.96. The highest BCUT2D eigenvalue weighted by Gasteiger charge is 2.12. The number of aliphatic hydroxyl groups is 1. The van der Waals surface area contributed by atoms with Gasteiger partial charge in [-0.3, -0.25) is 4.79 Å². The lowest BCUT2D eigenvalue weighted by atomic mass is 10.2. The second kappa shape index (κ2) is 7.59. The second-order valence-electron chi connectivity index (χ2n) is 3.53. The van der Waals surface area contributed by atoms with Crippen molar-refractivity contribution in [3.8, 4) is 0 Å². The molecule has 0 radical (unpaired) electrons. The summed E-state index contributed by atoms with van der Waals surface area (Å²) in [4.78, 5) is 10.7. The normalized spacial score (nSPS) is 13.4. The Morgan fingerprint density at radius 2 is 2.12 bits per heavy atom. The Bertz CT molecular complexity index is 299. The third-order valence-corrected chi connectivity index (χ3v) is 3.31. The molecule has 0 aliphatic carbocycles. The fourth-order valence-corrected chi connectivity index (χ4v) is 2.05. The Morgan fingerprint density at radius 1 is 1.50 bits per heavy atom. The fourth-order valence-electron chi connectivity index (χ4n) is 1.02. The SMILES string of the molecule is COC(=O)CCS(=O)(=O)NCCCC(C)O. The van der Waals surface area contributed by atoms with E-state index in [0.29, 0.717) is 12.8 Å². The summed E-state index contributed by atoms with van der Waals surface area (Å²) < 4.78 is 29.3. The smallest absolute Gasteiger partial charge is 0.306 e. The summed E-state index contributed by atoms with van der Waals surface area (Å²) >= 11 is 0. The monoisotopic (exact) mass is 253 g/mol. The molecule has 0 aromatic carbocycles. The molecule has 0 fully saturated rings. The van der Waals surface area contributed by atoms with E-state index < -0.39 is 22.1 Å². The van der Waals surface area contributed by atoms with E-state index >= 15 is 0 Å². The Balaban J connectivity index is 3.75. The molecule has 1 atom stereocenters. The zero-order chi connectivity index (χ0) is 12.6. The van der Waals surface area contributed by atoms with Gasteiger partial charge in [-0.05, 0) is 19.8 Å². The predicted octanol–water partition coefficient (Wildman–Crippen LogP) is -0.370.